The summed E-state index contributed by atoms with van der Waals surface area (Å²) in [6.07, 6.45) is 1.13. The molecular formula is C13H18FNO. The van der Waals surface area contributed by atoms with Gasteiger partial charge in [0.15, 0.2) is 0 Å². The molecule has 1 saturated heterocycles. The number of nitrogens with one attached hydrogen (secondary N) is 1. The summed E-state index contributed by atoms with van der Waals surface area (Å²) in [5, 5.41) is 3.42. The van der Waals surface area contributed by atoms with Crippen LogP contribution in [-0.4, -0.2) is 19.8 Å². The summed E-state index contributed by atoms with van der Waals surface area (Å²) in [6, 6.07) is 6.95. The summed E-state index contributed by atoms with van der Waals surface area (Å²) in [7, 11) is 0. The van der Waals surface area contributed by atoms with Gasteiger partial charge in [0.25, 0.3) is 0 Å². The highest BCUT2D eigenvalue weighted by Crippen LogP contribution is 2.16. The normalized spacial score (nSPS) is 22.2. The molecule has 88 valence electrons. The highest BCUT2D eigenvalue weighted by atomic mass is 19.1. The Hall–Kier alpha value is -0.930. The van der Waals surface area contributed by atoms with E-state index in [4.69, 9.17) is 4.74 Å². The lowest BCUT2D eigenvalue weighted by molar-refractivity contribution is 0.184. The minimum absolute atomic E-state index is 0.171. The predicted octanol–water partition coefficient (Wildman–Crippen LogP) is 2.51. The maximum absolute atomic E-state index is 13.0. The lowest BCUT2D eigenvalue weighted by Crippen LogP contribution is -2.26. The molecule has 16 heavy (non-hydrogen) atoms. The monoisotopic (exact) mass is 223 g/mol. The Morgan fingerprint density at radius 2 is 2.44 bits per heavy atom. The zero-order valence-corrected chi connectivity index (χ0v) is 9.58. The summed E-state index contributed by atoms with van der Waals surface area (Å²) in [5.41, 5.74) is 0.999. The van der Waals surface area contributed by atoms with Gasteiger partial charge in [-0.3, -0.25) is 0 Å². The summed E-state index contributed by atoms with van der Waals surface area (Å²) < 4.78 is 18.3. The van der Waals surface area contributed by atoms with Crippen LogP contribution in [0.2, 0.25) is 0 Å². The van der Waals surface area contributed by atoms with Crippen molar-refractivity contribution in [3.05, 3.63) is 35.6 Å². The van der Waals surface area contributed by atoms with Crippen LogP contribution >= 0.6 is 0 Å². The molecule has 1 fully saturated rings. The third kappa shape index (κ3) is 3.03. The molecule has 1 aliphatic heterocycles. The summed E-state index contributed by atoms with van der Waals surface area (Å²) in [6.45, 7) is 4.73. The van der Waals surface area contributed by atoms with E-state index in [-0.39, 0.29) is 11.9 Å². The van der Waals surface area contributed by atoms with Crippen LogP contribution in [0.15, 0.2) is 24.3 Å². The highest BCUT2D eigenvalue weighted by molar-refractivity contribution is 5.19. The van der Waals surface area contributed by atoms with E-state index in [0.717, 1.165) is 31.7 Å². The van der Waals surface area contributed by atoms with Crippen LogP contribution < -0.4 is 5.32 Å². The van der Waals surface area contributed by atoms with Crippen molar-refractivity contribution in [2.24, 2.45) is 5.92 Å². The average molecular weight is 223 g/mol. The van der Waals surface area contributed by atoms with Gasteiger partial charge in [-0.2, -0.15) is 0 Å². The maximum Gasteiger partial charge on any atom is 0.123 e. The van der Waals surface area contributed by atoms with Gasteiger partial charge < -0.3 is 10.1 Å². The van der Waals surface area contributed by atoms with Gasteiger partial charge in [-0.15, -0.1) is 0 Å². The quantitative estimate of drug-likeness (QED) is 0.846. The molecule has 0 spiro atoms. The van der Waals surface area contributed by atoms with Crippen LogP contribution in [0, 0.1) is 11.7 Å². The van der Waals surface area contributed by atoms with Crippen molar-refractivity contribution in [3.63, 3.8) is 0 Å². The van der Waals surface area contributed by atoms with E-state index in [0.29, 0.717) is 5.92 Å². The van der Waals surface area contributed by atoms with Crippen molar-refractivity contribution < 1.29 is 9.13 Å². The third-order valence-electron chi connectivity index (χ3n) is 3.09. The van der Waals surface area contributed by atoms with Gasteiger partial charge in [-0.1, -0.05) is 12.1 Å². The van der Waals surface area contributed by atoms with E-state index in [2.05, 4.69) is 12.2 Å². The molecule has 1 aromatic rings. The molecule has 1 aromatic carbocycles. The second-order valence-electron chi connectivity index (χ2n) is 4.41. The Morgan fingerprint density at radius 3 is 3.12 bits per heavy atom. The molecule has 0 amide bonds. The number of hydrogen-bond acceptors (Lipinski definition) is 2. The number of halogens is 1. The first kappa shape index (κ1) is 11.6. The minimum atomic E-state index is -0.171. The number of rotatable bonds is 4. The summed E-state index contributed by atoms with van der Waals surface area (Å²) in [5.74, 6) is 0.436. The van der Waals surface area contributed by atoms with Crippen molar-refractivity contribution in [1.82, 2.24) is 5.32 Å². The molecular weight excluding hydrogens is 205 g/mol. The van der Waals surface area contributed by atoms with E-state index in [1.54, 1.807) is 12.1 Å². The number of ether oxygens (including phenoxy) is 1. The van der Waals surface area contributed by atoms with Crippen LogP contribution in [0.3, 0.4) is 0 Å². The van der Waals surface area contributed by atoms with Gasteiger partial charge in [0, 0.05) is 19.2 Å². The third-order valence-corrected chi connectivity index (χ3v) is 3.09. The molecule has 1 aliphatic rings. The van der Waals surface area contributed by atoms with Gasteiger partial charge in [0.05, 0.1) is 6.61 Å². The first-order valence-corrected chi connectivity index (χ1v) is 5.82. The maximum atomic E-state index is 13.0. The molecule has 0 bridgehead atoms. The van der Waals surface area contributed by atoms with E-state index in [9.17, 15) is 4.39 Å². The number of benzene rings is 1. The molecule has 0 aromatic heterocycles. The van der Waals surface area contributed by atoms with Gasteiger partial charge in [0.1, 0.15) is 5.82 Å². The lowest BCUT2D eigenvalue weighted by Gasteiger charge is -2.16. The largest absolute Gasteiger partial charge is 0.381 e. The smallest absolute Gasteiger partial charge is 0.123 e. The zero-order chi connectivity index (χ0) is 11.4. The standard InChI is InChI=1S/C13H18FNO/c1-10(12-3-2-4-13(14)7-12)15-8-11-5-6-16-9-11/h2-4,7,10-11,15H,5-6,8-9H2,1H3/t10-,11?/m1/s1. The molecule has 2 rings (SSSR count). The Bertz CT molecular complexity index is 336. The minimum Gasteiger partial charge on any atom is -0.381 e. The summed E-state index contributed by atoms with van der Waals surface area (Å²) in [4.78, 5) is 0. The van der Waals surface area contributed by atoms with E-state index < -0.39 is 0 Å². The highest BCUT2D eigenvalue weighted by Gasteiger charge is 2.16. The van der Waals surface area contributed by atoms with Gasteiger partial charge in [-0.25, -0.2) is 4.39 Å². The van der Waals surface area contributed by atoms with Crippen molar-refractivity contribution >= 4 is 0 Å². The molecule has 1 unspecified atom stereocenters. The molecule has 1 N–H and O–H groups in total. The molecule has 1 heterocycles. The average Bonchev–Trinajstić information content (AvgIpc) is 2.78. The lowest BCUT2D eigenvalue weighted by atomic mass is 10.1. The van der Waals surface area contributed by atoms with Crippen LogP contribution in [-0.2, 0) is 4.74 Å². The zero-order valence-electron chi connectivity index (χ0n) is 9.58. The fraction of sp³-hybridized carbons (Fsp3) is 0.538. The molecule has 3 heteroatoms. The van der Waals surface area contributed by atoms with Crippen LogP contribution in [0.25, 0.3) is 0 Å². The van der Waals surface area contributed by atoms with Gasteiger partial charge >= 0.3 is 0 Å². The van der Waals surface area contributed by atoms with Gasteiger partial charge in [0.2, 0.25) is 0 Å². The fourth-order valence-corrected chi connectivity index (χ4v) is 1.98. The first-order chi connectivity index (χ1) is 7.75. The predicted molar refractivity (Wildman–Crippen MR) is 61.7 cm³/mol. The second kappa shape index (κ2) is 5.41. The molecule has 2 nitrogen and oxygen atoms in total. The fourth-order valence-electron chi connectivity index (χ4n) is 1.98. The van der Waals surface area contributed by atoms with Crippen LogP contribution in [0.1, 0.15) is 24.9 Å². The van der Waals surface area contributed by atoms with Crippen LogP contribution in [0.5, 0.6) is 0 Å². The SMILES string of the molecule is C[C@@H](NCC1CCOC1)c1cccc(F)c1. The second-order valence-corrected chi connectivity index (χ2v) is 4.41. The molecule has 2 atom stereocenters. The van der Waals surface area contributed by atoms with Gasteiger partial charge in [-0.05, 0) is 37.0 Å². The van der Waals surface area contributed by atoms with Crippen molar-refractivity contribution in [1.29, 1.82) is 0 Å². The molecule has 0 saturated carbocycles. The van der Waals surface area contributed by atoms with E-state index in [1.807, 2.05) is 6.07 Å². The molecule has 0 aliphatic carbocycles. The van der Waals surface area contributed by atoms with Crippen molar-refractivity contribution in [2.45, 2.75) is 19.4 Å². The van der Waals surface area contributed by atoms with E-state index >= 15 is 0 Å². The Kier molecular flexibility index (Phi) is 3.91. The Labute approximate surface area is 95.8 Å². The van der Waals surface area contributed by atoms with Crippen molar-refractivity contribution in [3.8, 4) is 0 Å². The topological polar surface area (TPSA) is 21.3 Å². The number of hydrogen-bond donors (Lipinski definition) is 1. The Morgan fingerprint density at radius 1 is 1.56 bits per heavy atom. The van der Waals surface area contributed by atoms with E-state index in [1.165, 1.54) is 6.07 Å². The Balaban J connectivity index is 1.85. The summed E-state index contributed by atoms with van der Waals surface area (Å²) >= 11 is 0. The molecule has 0 radical (unpaired) electrons. The van der Waals surface area contributed by atoms with Crippen molar-refractivity contribution in [2.75, 3.05) is 19.8 Å². The van der Waals surface area contributed by atoms with Crippen LogP contribution in [0.4, 0.5) is 4.39 Å². The first-order valence-electron chi connectivity index (χ1n) is 5.82.